The van der Waals surface area contributed by atoms with Gasteiger partial charge in [0.2, 0.25) is 0 Å². The number of rotatable bonds is 5. The molecule has 1 aromatic carbocycles. The highest BCUT2D eigenvalue weighted by atomic mass is 16.2. The minimum absolute atomic E-state index is 0.179. The average molecular weight is 312 g/mol. The Morgan fingerprint density at radius 1 is 1.35 bits per heavy atom. The van der Waals surface area contributed by atoms with E-state index in [1.165, 1.54) is 0 Å². The van der Waals surface area contributed by atoms with Crippen LogP contribution in [0.1, 0.15) is 17.1 Å². The molecule has 2 heterocycles. The highest BCUT2D eigenvalue weighted by Crippen LogP contribution is 2.13. The van der Waals surface area contributed by atoms with Gasteiger partial charge in [-0.3, -0.25) is 0 Å². The second kappa shape index (κ2) is 6.51. The summed E-state index contributed by atoms with van der Waals surface area (Å²) in [6.07, 6.45) is 4.41. The molecule has 23 heavy (non-hydrogen) atoms. The second-order valence-electron chi connectivity index (χ2n) is 5.56. The molecule has 3 aromatic rings. The normalized spacial score (nSPS) is 10.9. The number of H-pyrrole nitrogens is 1. The van der Waals surface area contributed by atoms with E-state index in [2.05, 4.69) is 25.6 Å². The van der Waals surface area contributed by atoms with E-state index in [1.54, 1.807) is 6.33 Å². The third-order valence-electron chi connectivity index (χ3n) is 3.54. The van der Waals surface area contributed by atoms with Crippen molar-refractivity contribution in [3.8, 4) is 0 Å². The first kappa shape index (κ1) is 15.1. The van der Waals surface area contributed by atoms with Gasteiger partial charge in [-0.2, -0.15) is 0 Å². The molecule has 0 saturated carbocycles. The van der Waals surface area contributed by atoms with E-state index in [0.29, 0.717) is 19.5 Å². The van der Waals surface area contributed by atoms with Gasteiger partial charge < -0.3 is 20.2 Å². The molecule has 3 rings (SSSR count). The zero-order valence-electron chi connectivity index (χ0n) is 13.3. The largest absolute Gasteiger partial charge is 0.342 e. The van der Waals surface area contributed by atoms with Crippen LogP contribution in [0.4, 0.5) is 4.79 Å². The number of benzene rings is 1. The van der Waals surface area contributed by atoms with E-state index in [9.17, 15) is 4.79 Å². The Balaban J connectivity index is 1.45. The molecular formula is C16H20N6O. The Kier molecular flexibility index (Phi) is 4.27. The number of urea groups is 1. The molecule has 7 heteroatoms. The first-order chi connectivity index (χ1) is 11.1. The number of carbonyl (C=O) groups excluding carboxylic acids is 1. The van der Waals surface area contributed by atoms with Crippen molar-refractivity contribution in [2.75, 3.05) is 6.54 Å². The Bertz CT molecular complexity index is 819. The summed E-state index contributed by atoms with van der Waals surface area (Å²) in [6.45, 7) is 2.96. The lowest BCUT2D eigenvalue weighted by Crippen LogP contribution is -2.36. The number of amides is 2. The van der Waals surface area contributed by atoms with E-state index < -0.39 is 0 Å². The Labute approximate surface area is 134 Å². The predicted octanol–water partition coefficient (Wildman–Crippen LogP) is 1.65. The number of aromatic amines is 1. The Hall–Kier alpha value is -2.83. The van der Waals surface area contributed by atoms with E-state index in [4.69, 9.17) is 0 Å². The second-order valence-corrected chi connectivity index (χ2v) is 5.56. The van der Waals surface area contributed by atoms with Gasteiger partial charge in [0.1, 0.15) is 5.82 Å². The molecule has 0 fully saturated rings. The number of aryl methyl sites for hydroxylation is 2. The number of hydrogen-bond donors (Lipinski definition) is 3. The number of carbonyl (C=O) groups is 1. The van der Waals surface area contributed by atoms with Gasteiger partial charge in [-0.15, -0.1) is 0 Å². The average Bonchev–Trinajstić information content (AvgIpc) is 3.09. The van der Waals surface area contributed by atoms with Gasteiger partial charge in [0.25, 0.3) is 0 Å². The van der Waals surface area contributed by atoms with Gasteiger partial charge in [0, 0.05) is 32.8 Å². The lowest BCUT2D eigenvalue weighted by molar-refractivity contribution is 0.240. The molecule has 3 N–H and O–H groups in total. The summed E-state index contributed by atoms with van der Waals surface area (Å²) in [5.41, 5.74) is 3.91. The Morgan fingerprint density at radius 2 is 2.22 bits per heavy atom. The number of fused-ring (bicyclic) bond motifs is 1. The number of aromatic nitrogens is 4. The van der Waals surface area contributed by atoms with Gasteiger partial charge in [0.05, 0.1) is 23.1 Å². The zero-order chi connectivity index (χ0) is 16.2. The fraction of sp³-hybridized carbons (Fsp3) is 0.312. The molecular weight excluding hydrogens is 292 g/mol. The maximum absolute atomic E-state index is 11.8. The summed E-state index contributed by atoms with van der Waals surface area (Å²) >= 11 is 0. The molecule has 0 aliphatic carbocycles. The van der Waals surface area contributed by atoms with Crippen LogP contribution in [0.15, 0.2) is 30.7 Å². The molecule has 0 aliphatic heterocycles. The van der Waals surface area contributed by atoms with Crippen LogP contribution < -0.4 is 10.6 Å². The highest BCUT2D eigenvalue weighted by Gasteiger charge is 2.04. The third-order valence-corrected chi connectivity index (χ3v) is 3.54. The number of nitrogens with one attached hydrogen (secondary N) is 3. The third kappa shape index (κ3) is 3.88. The van der Waals surface area contributed by atoms with Crippen LogP contribution in [-0.2, 0) is 20.0 Å². The fourth-order valence-corrected chi connectivity index (χ4v) is 2.44. The molecule has 0 spiro atoms. The molecule has 120 valence electrons. The van der Waals surface area contributed by atoms with Crippen LogP contribution in [-0.4, -0.2) is 32.1 Å². The summed E-state index contributed by atoms with van der Waals surface area (Å²) in [4.78, 5) is 23.6. The quantitative estimate of drug-likeness (QED) is 0.669. The van der Waals surface area contributed by atoms with Crippen LogP contribution in [0.5, 0.6) is 0 Å². The van der Waals surface area contributed by atoms with Crippen LogP contribution in [0, 0.1) is 6.92 Å². The van der Waals surface area contributed by atoms with Crippen LogP contribution in [0.2, 0.25) is 0 Å². The molecule has 7 nitrogen and oxygen atoms in total. The zero-order valence-corrected chi connectivity index (χ0v) is 13.3. The highest BCUT2D eigenvalue weighted by molar-refractivity contribution is 5.76. The molecule has 2 aromatic heterocycles. The van der Waals surface area contributed by atoms with Gasteiger partial charge in [-0.25, -0.2) is 14.8 Å². The minimum Gasteiger partial charge on any atom is -0.342 e. The molecule has 0 bridgehead atoms. The van der Waals surface area contributed by atoms with Crippen molar-refractivity contribution in [1.82, 2.24) is 30.2 Å². The van der Waals surface area contributed by atoms with E-state index in [1.807, 2.05) is 42.9 Å². The van der Waals surface area contributed by atoms with E-state index >= 15 is 0 Å². The van der Waals surface area contributed by atoms with E-state index in [-0.39, 0.29) is 6.03 Å². The lowest BCUT2D eigenvalue weighted by Gasteiger charge is -2.07. The van der Waals surface area contributed by atoms with Gasteiger partial charge in [-0.05, 0) is 24.6 Å². The molecule has 0 radical (unpaired) electrons. The maximum atomic E-state index is 11.8. The number of hydrogen-bond acceptors (Lipinski definition) is 3. The van der Waals surface area contributed by atoms with Crippen molar-refractivity contribution in [3.63, 3.8) is 0 Å². The van der Waals surface area contributed by atoms with Crippen LogP contribution in [0.3, 0.4) is 0 Å². The smallest absolute Gasteiger partial charge is 0.315 e. The van der Waals surface area contributed by atoms with Gasteiger partial charge in [-0.1, -0.05) is 6.07 Å². The molecule has 2 amide bonds. The van der Waals surface area contributed by atoms with Crippen LogP contribution in [0.25, 0.3) is 11.0 Å². The first-order valence-electron chi connectivity index (χ1n) is 7.54. The first-order valence-corrected chi connectivity index (χ1v) is 7.54. The SMILES string of the molecule is Cc1nc2ccc(CNC(=O)NCCc3cn(C)cn3)cc2[nH]1. The van der Waals surface area contributed by atoms with E-state index in [0.717, 1.165) is 28.1 Å². The predicted molar refractivity (Wildman–Crippen MR) is 88.0 cm³/mol. The van der Waals surface area contributed by atoms with Crippen molar-refractivity contribution in [1.29, 1.82) is 0 Å². The number of imidazole rings is 2. The van der Waals surface area contributed by atoms with Crippen molar-refractivity contribution >= 4 is 17.1 Å². The summed E-state index contributed by atoms with van der Waals surface area (Å²) < 4.78 is 1.89. The monoisotopic (exact) mass is 312 g/mol. The summed E-state index contributed by atoms with van der Waals surface area (Å²) in [5.74, 6) is 0.886. The molecule has 0 unspecified atom stereocenters. The standard InChI is InChI=1S/C16H20N6O/c1-11-20-14-4-3-12(7-15(14)21-11)8-18-16(23)17-6-5-13-9-22(2)10-19-13/h3-4,7,9-10H,5-6,8H2,1-2H3,(H,20,21)(H2,17,18,23). The number of nitrogens with zero attached hydrogens (tertiary/aromatic N) is 3. The maximum Gasteiger partial charge on any atom is 0.315 e. The minimum atomic E-state index is -0.179. The summed E-state index contributed by atoms with van der Waals surface area (Å²) in [6, 6.07) is 5.75. The summed E-state index contributed by atoms with van der Waals surface area (Å²) in [7, 11) is 1.93. The van der Waals surface area contributed by atoms with Crippen LogP contribution >= 0.6 is 0 Å². The Morgan fingerprint density at radius 3 is 3.00 bits per heavy atom. The fourth-order valence-electron chi connectivity index (χ4n) is 2.44. The summed E-state index contributed by atoms with van der Waals surface area (Å²) in [5, 5.41) is 5.68. The van der Waals surface area contributed by atoms with Crippen molar-refractivity contribution < 1.29 is 4.79 Å². The van der Waals surface area contributed by atoms with Gasteiger partial charge in [0.15, 0.2) is 0 Å². The molecule has 0 atom stereocenters. The molecule has 0 aliphatic rings. The molecule has 0 saturated heterocycles. The topological polar surface area (TPSA) is 87.6 Å². The van der Waals surface area contributed by atoms with Crippen molar-refractivity contribution in [2.24, 2.45) is 7.05 Å². The lowest BCUT2D eigenvalue weighted by atomic mass is 10.2. The van der Waals surface area contributed by atoms with Gasteiger partial charge >= 0.3 is 6.03 Å². The van der Waals surface area contributed by atoms with Crippen molar-refractivity contribution in [3.05, 3.63) is 47.8 Å². The van der Waals surface area contributed by atoms with Crippen molar-refractivity contribution in [2.45, 2.75) is 19.9 Å².